The Morgan fingerprint density at radius 3 is 2.12 bits per heavy atom. The number of rotatable bonds is 5. The Balaban J connectivity index is 1.65. The number of ether oxygens (including phenoxy) is 1. The van der Waals surface area contributed by atoms with Crippen LogP contribution in [0, 0.1) is 5.82 Å². The molecule has 5 nitrogen and oxygen atoms in total. The SMILES string of the molecule is CC(C)(O)c1nc(C(F)(F)F)ccc1-c1ccc(C2(C(=O)Nc3ccc(F)cc3)COC2)cc1. The number of hydrogen-bond acceptors (Lipinski definition) is 4. The van der Waals surface area contributed by atoms with Crippen molar-refractivity contribution in [1.29, 1.82) is 0 Å². The number of nitrogens with zero attached hydrogens (tertiary/aromatic N) is 1. The van der Waals surface area contributed by atoms with E-state index in [1.807, 2.05) is 0 Å². The van der Waals surface area contributed by atoms with Crippen molar-refractivity contribution in [2.75, 3.05) is 18.5 Å². The summed E-state index contributed by atoms with van der Waals surface area (Å²) in [7, 11) is 0. The molecule has 0 spiro atoms. The zero-order chi connectivity index (χ0) is 24.7. The van der Waals surface area contributed by atoms with E-state index in [2.05, 4.69) is 10.3 Å². The van der Waals surface area contributed by atoms with Crippen molar-refractivity contribution in [3.63, 3.8) is 0 Å². The van der Waals surface area contributed by atoms with Gasteiger partial charge in [-0.15, -0.1) is 0 Å². The van der Waals surface area contributed by atoms with Crippen molar-refractivity contribution in [2.45, 2.75) is 31.0 Å². The summed E-state index contributed by atoms with van der Waals surface area (Å²) < 4.78 is 58.0. The second kappa shape index (κ2) is 8.48. The van der Waals surface area contributed by atoms with Crippen LogP contribution in [0.1, 0.15) is 30.8 Å². The second-order valence-electron chi connectivity index (χ2n) is 8.76. The summed E-state index contributed by atoms with van der Waals surface area (Å²) in [5, 5.41) is 13.2. The third-order valence-electron chi connectivity index (χ3n) is 5.75. The summed E-state index contributed by atoms with van der Waals surface area (Å²) in [5.74, 6) is -0.732. The van der Waals surface area contributed by atoms with Crippen LogP contribution in [-0.4, -0.2) is 29.2 Å². The van der Waals surface area contributed by atoms with Crippen LogP contribution in [0.5, 0.6) is 0 Å². The van der Waals surface area contributed by atoms with Crippen LogP contribution in [0.3, 0.4) is 0 Å². The van der Waals surface area contributed by atoms with Gasteiger partial charge in [-0.1, -0.05) is 30.3 Å². The monoisotopic (exact) mass is 474 g/mol. The highest BCUT2D eigenvalue weighted by atomic mass is 19.4. The first-order valence-corrected chi connectivity index (χ1v) is 10.5. The van der Waals surface area contributed by atoms with Gasteiger partial charge in [-0.25, -0.2) is 9.37 Å². The molecule has 1 saturated heterocycles. The van der Waals surface area contributed by atoms with Crippen molar-refractivity contribution >= 4 is 11.6 Å². The maximum atomic E-state index is 13.2. The standard InChI is InChI=1S/C25H22F4N2O3/c1-23(2,33)21-19(11-12-20(31-21)25(27,28)29)15-3-5-16(6-4-15)24(13-34-14-24)22(32)30-18-9-7-17(26)8-10-18/h3-12,33H,13-14H2,1-2H3,(H,30,32). The molecule has 2 aromatic carbocycles. The van der Waals surface area contributed by atoms with Gasteiger partial charge < -0.3 is 15.2 Å². The van der Waals surface area contributed by atoms with Crippen molar-refractivity contribution in [3.8, 4) is 11.1 Å². The topological polar surface area (TPSA) is 71.5 Å². The minimum absolute atomic E-state index is 0.106. The summed E-state index contributed by atoms with van der Waals surface area (Å²) in [5.41, 5.74) is -1.78. The first kappa shape index (κ1) is 23.8. The molecule has 0 atom stereocenters. The molecular weight excluding hydrogens is 452 g/mol. The minimum atomic E-state index is -4.64. The highest BCUT2D eigenvalue weighted by molar-refractivity contribution is 6.00. The van der Waals surface area contributed by atoms with E-state index in [1.165, 1.54) is 44.2 Å². The zero-order valence-corrected chi connectivity index (χ0v) is 18.4. The van der Waals surface area contributed by atoms with E-state index in [1.54, 1.807) is 24.3 Å². The van der Waals surface area contributed by atoms with Crippen molar-refractivity contribution in [1.82, 2.24) is 4.98 Å². The third kappa shape index (κ3) is 4.53. The maximum Gasteiger partial charge on any atom is 0.433 e. The van der Waals surface area contributed by atoms with E-state index in [-0.39, 0.29) is 24.8 Å². The largest absolute Gasteiger partial charge is 0.433 e. The fourth-order valence-electron chi connectivity index (χ4n) is 3.80. The van der Waals surface area contributed by atoms with Gasteiger partial charge in [0.2, 0.25) is 5.91 Å². The number of aromatic nitrogens is 1. The highest BCUT2D eigenvalue weighted by Gasteiger charge is 2.47. The Labute approximate surface area is 193 Å². The van der Waals surface area contributed by atoms with Crippen LogP contribution in [0.15, 0.2) is 60.7 Å². The predicted octanol–water partition coefficient (Wildman–Crippen LogP) is 5.04. The van der Waals surface area contributed by atoms with Gasteiger partial charge in [0.1, 0.15) is 22.5 Å². The molecule has 4 rings (SSSR count). The van der Waals surface area contributed by atoms with Crippen LogP contribution < -0.4 is 5.32 Å². The first-order valence-electron chi connectivity index (χ1n) is 10.5. The molecular formula is C25H22F4N2O3. The number of nitrogens with one attached hydrogen (secondary N) is 1. The average molecular weight is 474 g/mol. The van der Waals surface area contributed by atoms with Gasteiger partial charge in [0, 0.05) is 11.3 Å². The molecule has 0 unspecified atom stereocenters. The molecule has 0 aliphatic carbocycles. The lowest BCUT2D eigenvalue weighted by Gasteiger charge is -2.40. The summed E-state index contributed by atoms with van der Waals surface area (Å²) >= 11 is 0. The van der Waals surface area contributed by atoms with Gasteiger partial charge in [0.05, 0.1) is 18.9 Å². The quantitative estimate of drug-likeness (QED) is 0.509. The second-order valence-corrected chi connectivity index (χ2v) is 8.76. The van der Waals surface area contributed by atoms with Gasteiger partial charge in [-0.3, -0.25) is 4.79 Å². The first-order chi connectivity index (χ1) is 15.9. The van der Waals surface area contributed by atoms with Crippen molar-refractivity contribution in [2.24, 2.45) is 0 Å². The van der Waals surface area contributed by atoms with E-state index >= 15 is 0 Å². The molecule has 1 amide bonds. The van der Waals surface area contributed by atoms with Crippen molar-refractivity contribution < 1.29 is 32.2 Å². The molecule has 0 saturated carbocycles. The van der Waals surface area contributed by atoms with E-state index in [9.17, 15) is 27.5 Å². The lowest BCUT2D eigenvalue weighted by molar-refractivity contribution is -0.141. The molecule has 1 aromatic heterocycles. The molecule has 178 valence electrons. The molecule has 1 fully saturated rings. The fourth-order valence-corrected chi connectivity index (χ4v) is 3.80. The zero-order valence-electron chi connectivity index (χ0n) is 18.4. The highest BCUT2D eigenvalue weighted by Crippen LogP contribution is 2.38. The molecule has 1 aliphatic heterocycles. The average Bonchev–Trinajstić information content (AvgIpc) is 2.73. The maximum absolute atomic E-state index is 13.2. The number of alkyl halides is 3. The lowest BCUT2D eigenvalue weighted by Crippen LogP contribution is -2.55. The smallest absolute Gasteiger partial charge is 0.384 e. The van der Waals surface area contributed by atoms with E-state index < -0.39 is 28.7 Å². The molecule has 1 aliphatic rings. The molecule has 3 aromatic rings. The normalized spacial score (nSPS) is 15.5. The summed E-state index contributed by atoms with van der Waals surface area (Å²) in [6, 6.07) is 14.3. The van der Waals surface area contributed by atoms with Crippen LogP contribution in [-0.2, 0) is 26.7 Å². The predicted molar refractivity (Wildman–Crippen MR) is 117 cm³/mol. The molecule has 34 heavy (non-hydrogen) atoms. The Morgan fingerprint density at radius 1 is 1.00 bits per heavy atom. The van der Waals surface area contributed by atoms with Crippen molar-refractivity contribution in [3.05, 3.63) is 83.4 Å². The number of carbonyl (C=O) groups excluding carboxylic acids is 1. The molecule has 2 N–H and O–H groups in total. The Hall–Kier alpha value is -3.30. The summed E-state index contributed by atoms with van der Waals surface area (Å²) in [6.45, 7) is 3.04. The molecule has 0 bridgehead atoms. The lowest BCUT2D eigenvalue weighted by atomic mass is 9.77. The summed E-state index contributed by atoms with van der Waals surface area (Å²) in [6.07, 6.45) is -4.64. The van der Waals surface area contributed by atoms with E-state index in [4.69, 9.17) is 4.74 Å². The number of benzene rings is 2. The number of hydrogen-bond donors (Lipinski definition) is 2. The van der Waals surface area contributed by atoms with Gasteiger partial charge >= 0.3 is 6.18 Å². The van der Waals surface area contributed by atoms with E-state index in [0.29, 0.717) is 22.4 Å². The molecule has 0 radical (unpaired) electrons. The van der Waals surface area contributed by atoms with Gasteiger partial charge in [0.15, 0.2) is 0 Å². The van der Waals surface area contributed by atoms with Gasteiger partial charge in [-0.2, -0.15) is 13.2 Å². The number of aliphatic hydroxyl groups is 1. The summed E-state index contributed by atoms with van der Waals surface area (Å²) in [4.78, 5) is 16.7. The van der Waals surface area contributed by atoms with Gasteiger partial charge in [0.25, 0.3) is 0 Å². The molecule has 2 heterocycles. The fraction of sp³-hybridized carbons (Fsp3) is 0.280. The minimum Gasteiger partial charge on any atom is -0.384 e. The number of anilines is 1. The molecule has 9 heteroatoms. The Bertz CT molecular complexity index is 1200. The van der Waals surface area contributed by atoms with Crippen LogP contribution in [0.25, 0.3) is 11.1 Å². The van der Waals surface area contributed by atoms with Crippen LogP contribution in [0.2, 0.25) is 0 Å². The number of amides is 1. The van der Waals surface area contributed by atoms with Crippen LogP contribution >= 0.6 is 0 Å². The Kier molecular flexibility index (Phi) is 5.95. The Morgan fingerprint density at radius 2 is 1.62 bits per heavy atom. The number of pyridine rings is 1. The van der Waals surface area contributed by atoms with Crippen LogP contribution in [0.4, 0.5) is 23.2 Å². The number of halogens is 4. The van der Waals surface area contributed by atoms with E-state index in [0.717, 1.165) is 6.07 Å². The third-order valence-corrected chi connectivity index (χ3v) is 5.75. The number of carbonyl (C=O) groups is 1. The van der Waals surface area contributed by atoms with Gasteiger partial charge in [-0.05, 0) is 55.3 Å².